The first-order chi connectivity index (χ1) is 3.81. The molecule has 0 radical (unpaired) electrons. The normalized spacial score (nSPS) is 6.38. The minimum atomic E-state index is -0.674. The van der Waals surface area contributed by atoms with Crippen LogP contribution in [0.15, 0.2) is 12.7 Å². The minimum Gasteiger partial charge on any atom is -0.329 e. The summed E-state index contributed by atoms with van der Waals surface area (Å²) >= 11 is 0. The molecule has 4 heteroatoms. The number of nitriles is 1. The summed E-state index contributed by atoms with van der Waals surface area (Å²) < 4.78 is 0. The molecule has 0 fully saturated rings. The molecule has 0 aromatic carbocycles. The van der Waals surface area contributed by atoms with Crippen molar-refractivity contribution in [2.24, 2.45) is 0 Å². The highest BCUT2D eigenvalue weighted by molar-refractivity contribution is 5.80. The van der Waals surface area contributed by atoms with Crippen molar-refractivity contribution in [3.05, 3.63) is 12.7 Å². The molecule has 0 spiro atoms. The Kier molecular flexibility index (Phi) is 2.99. The average Bonchev–Trinajstić information content (AvgIpc) is 1.83. The summed E-state index contributed by atoms with van der Waals surface area (Å²) in [5.74, 6) is -0.674. The highest BCUT2D eigenvalue weighted by Gasteiger charge is 1.89. The van der Waals surface area contributed by atoms with Gasteiger partial charge in [0.15, 0.2) is 0 Å². The van der Waals surface area contributed by atoms with Gasteiger partial charge in [0.25, 0.3) is 0 Å². The van der Waals surface area contributed by atoms with E-state index in [2.05, 4.69) is 11.4 Å². The zero-order chi connectivity index (χ0) is 6.41. The molecule has 4 nitrogen and oxygen atoms in total. The van der Waals surface area contributed by atoms with Crippen LogP contribution in [0, 0.1) is 11.5 Å². The van der Waals surface area contributed by atoms with Gasteiger partial charge in [0.2, 0.25) is 6.19 Å². The number of hydroxylamine groups is 1. The predicted molar refractivity (Wildman–Crippen MR) is 25.0 cm³/mol. The van der Waals surface area contributed by atoms with Crippen LogP contribution in [-0.4, -0.2) is 5.97 Å². The summed E-state index contributed by atoms with van der Waals surface area (Å²) in [4.78, 5) is 14.0. The number of hydrogen-bond donors (Lipinski definition) is 1. The molecule has 0 aliphatic heterocycles. The molecule has 42 valence electrons. The maximum atomic E-state index is 10.0. The Hall–Kier alpha value is -1.50. The molecule has 0 atom stereocenters. The summed E-state index contributed by atoms with van der Waals surface area (Å²) in [6.45, 7) is 3.09. The lowest BCUT2D eigenvalue weighted by Crippen LogP contribution is -2.11. The van der Waals surface area contributed by atoms with Crippen molar-refractivity contribution in [2.75, 3.05) is 0 Å². The van der Waals surface area contributed by atoms with E-state index in [1.54, 1.807) is 5.48 Å². The number of rotatable bonds is 2. The molecule has 0 aliphatic rings. The Morgan fingerprint density at radius 3 is 3.00 bits per heavy atom. The van der Waals surface area contributed by atoms with Crippen LogP contribution in [0.25, 0.3) is 0 Å². The Balaban J connectivity index is 3.28. The topological polar surface area (TPSA) is 62.1 Å². The second kappa shape index (κ2) is 3.68. The molecule has 0 aromatic heterocycles. The molecule has 0 bridgehead atoms. The molecular formula is C4H4N2O2. The lowest BCUT2D eigenvalue weighted by atomic mass is 10.7. The molecule has 0 saturated carbocycles. The van der Waals surface area contributed by atoms with Crippen molar-refractivity contribution in [1.82, 2.24) is 5.48 Å². The third-order valence-corrected chi connectivity index (χ3v) is 0.364. The van der Waals surface area contributed by atoms with Crippen LogP contribution in [0.1, 0.15) is 0 Å². The molecule has 0 amide bonds. The van der Waals surface area contributed by atoms with E-state index in [9.17, 15) is 4.79 Å². The van der Waals surface area contributed by atoms with Gasteiger partial charge in [-0.05, 0) is 0 Å². The van der Waals surface area contributed by atoms with Crippen LogP contribution in [0.2, 0.25) is 0 Å². The molecule has 0 aromatic rings. The Morgan fingerprint density at radius 1 is 2.00 bits per heavy atom. The lowest BCUT2D eigenvalue weighted by molar-refractivity contribution is -0.142. The number of hydrogen-bond acceptors (Lipinski definition) is 4. The molecule has 8 heavy (non-hydrogen) atoms. The van der Waals surface area contributed by atoms with Gasteiger partial charge in [0, 0.05) is 6.08 Å². The zero-order valence-corrected chi connectivity index (χ0v) is 4.05. The molecule has 0 heterocycles. The van der Waals surface area contributed by atoms with E-state index in [-0.39, 0.29) is 0 Å². The van der Waals surface area contributed by atoms with Gasteiger partial charge in [-0.25, -0.2) is 4.79 Å². The fourth-order valence-corrected chi connectivity index (χ4v) is 0.115. The van der Waals surface area contributed by atoms with Crippen molar-refractivity contribution >= 4 is 5.97 Å². The summed E-state index contributed by atoms with van der Waals surface area (Å²) in [6.07, 6.45) is 2.34. The Bertz CT molecular complexity index is 135. The van der Waals surface area contributed by atoms with E-state index in [0.29, 0.717) is 0 Å². The van der Waals surface area contributed by atoms with E-state index in [4.69, 9.17) is 5.26 Å². The van der Waals surface area contributed by atoms with Crippen LogP contribution < -0.4 is 5.48 Å². The standard InChI is InChI=1S/C4H4N2O2/c1-2-4(7)8-6-3-5/h2,6H,1H2. The largest absolute Gasteiger partial charge is 0.356 e. The van der Waals surface area contributed by atoms with Gasteiger partial charge in [0.05, 0.1) is 0 Å². The molecule has 0 rings (SSSR count). The predicted octanol–water partition coefficient (Wildman–Crippen LogP) is -0.299. The number of carbonyl (C=O) groups excluding carboxylic acids is 1. The van der Waals surface area contributed by atoms with Crippen LogP contribution in [0.4, 0.5) is 0 Å². The summed E-state index contributed by atoms with van der Waals surface area (Å²) in [7, 11) is 0. The second-order valence-electron chi connectivity index (χ2n) is 0.839. The van der Waals surface area contributed by atoms with Crippen molar-refractivity contribution in [3.8, 4) is 6.19 Å². The fourth-order valence-electron chi connectivity index (χ4n) is 0.115. The van der Waals surface area contributed by atoms with E-state index < -0.39 is 5.97 Å². The first kappa shape index (κ1) is 6.50. The zero-order valence-electron chi connectivity index (χ0n) is 4.05. The SMILES string of the molecule is C=CC(=O)ONC#N. The first-order valence-corrected chi connectivity index (χ1v) is 1.78. The van der Waals surface area contributed by atoms with Gasteiger partial charge in [-0.15, -0.1) is 0 Å². The van der Waals surface area contributed by atoms with Gasteiger partial charge < -0.3 is 4.84 Å². The van der Waals surface area contributed by atoms with Gasteiger partial charge in [0.1, 0.15) is 0 Å². The van der Waals surface area contributed by atoms with Gasteiger partial charge in [-0.1, -0.05) is 6.58 Å². The molecule has 0 aliphatic carbocycles. The van der Waals surface area contributed by atoms with Crippen LogP contribution in [0.5, 0.6) is 0 Å². The van der Waals surface area contributed by atoms with Crippen molar-refractivity contribution in [3.63, 3.8) is 0 Å². The highest BCUT2D eigenvalue weighted by Crippen LogP contribution is 1.69. The van der Waals surface area contributed by atoms with Crippen LogP contribution in [-0.2, 0) is 9.63 Å². The van der Waals surface area contributed by atoms with Gasteiger partial charge in [-0.2, -0.15) is 10.7 Å². The number of nitrogens with zero attached hydrogens (tertiary/aromatic N) is 1. The van der Waals surface area contributed by atoms with Gasteiger partial charge in [-0.3, -0.25) is 0 Å². The monoisotopic (exact) mass is 112 g/mol. The third kappa shape index (κ3) is 2.72. The van der Waals surface area contributed by atoms with Crippen molar-refractivity contribution in [1.29, 1.82) is 5.26 Å². The van der Waals surface area contributed by atoms with E-state index in [1.165, 1.54) is 6.19 Å². The van der Waals surface area contributed by atoms with E-state index in [0.717, 1.165) is 6.08 Å². The molecular weight excluding hydrogens is 108 g/mol. The quantitative estimate of drug-likeness (QED) is 0.230. The average molecular weight is 112 g/mol. The molecule has 1 N–H and O–H groups in total. The van der Waals surface area contributed by atoms with Gasteiger partial charge >= 0.3 is 5.97 Å². The van der Waals surface area contributed by atoms with Crippen LogP contribution >= 0.6 is 0 Å². The minimum absolute atomic E-state index is 0.674. The van der Waals surface area contributed by atoms with Crippen LogP contribution in [0.3, 0.4) is 0 Å². The second-order valence-corrected chi connectivity index (χ2v) is 0.839. The fraction of sp³-hybridized carbons (Fsp3) is 0. The summed E-state index contributed by atoms with van der Waals surface area (Å²) in [5, 5.41) is 7.74. The van der Waals surface area contributed by atoms with Crippen molar-refractivity contribution in [2.45, 2.75) is 0 Å². The number of carbonyl (C=O) groups is 1. The Labute approximate surface area is 46.3 Å². The summed E-state index contributed by atoms with van der Waals surface area (Å²) in [6, 6.07) is 0. The maximum Gasteiger partial charge on any atom is 0.356 e. The molecule has 0 unspecified atom stereocenters. The third-order valence-electron chi connectivity index (χ3n) is 0.364. The van der Waals surface area contributed by atoms with Crippen molar-refractivity contribution < 1.29 is 9.63 Å². The maximum absolute atomic E-state index is 10.0. The highest BCUT2D eigenvalue weighted by atomic mass is 16.7. The smallest absolute Gasteiger partial charge is 0.329 e. The first-order valence-electron chi connectivity index (χ1n) is 1.78. The van der Waals surface area contributed by atoms with E-state index >= 15 is 0 Å². The molecule has 0 saturated heterocycles. The Morgan fingerprint density at radius 2 is 2.62 bits per heavy atom. The lowest BCUT2D eigenvalue weighted by Gasteiger charge is -1.89. The van der Waals surface area contributed by atoms with E-state index in [1.807, 2.05) is 0 Å². The summed E-state index contributed by atoms with van der Waals surface area (Å²) in [5.41, 5.74) is 1.68. The number of nitrogens with one attached hydrogen (secondary N) is 1.